The smallest absolute Gasteiger partial charge is 0.126 e. The van der Waals surface area contributed by atoms with Crippen LogP contribution in [0.3, 0.4) is 0 Å². The van der Waals surface area contributed by atoms with Crippen LogP contribution in [-0.4, -0.2) is 26.4 Å². The third-order valence-corrected chi connectivity index (χ3v) is 2.96. The fraction of sp³-hybridized carbons (Fsp3) is 0.600. The Labute approximate surface area is 115 Å². The van der Waals surface area contributed by atoms with E-state index in [1.807, 2.05) is 20.8 Å². The highest BCUT2D eigenvalue weighted by atomic mass is 19.1. The van der Waals surface area contributed by atoms with E-state index in [4.69, 9.17) is 9.47 Å². The predicted molar refractivity (Wildman–Crippen MR) is 75.2 cm³/mol. The van der Waals surface area contributed by atoms with Gasteiger partial charge in [0.2, 0.25) is 0 Å². The second-order valence-corrected chi connectivity index (χ2v) is 4.46. The maximum atomic E-state index is 13.7. The first-order valence-electron chi connectivity index (χ1n) is 6.84. The molecule has 4 heteroatoms. The second-order valence-electron chi connectivity index (χ2n) is 4.46. The van der Waals surface area contributed by atoms with Crippen LogP contribution in [0.25, 0.3) is 0 Å². The maximum Gasteiger partial charge on any atom is 0.126 e. The Bertz CT molecular complexity index is 396. The number of benzene rings is 1. The highest BCUT2D eigenvalue weighted by Crippen LogP contribution is 2.28. The van der Waals surface area contributed by atoms with Crippen LogP contribution in [0.15, 0.2) is 12.1 Å². The van der Waals surface area contributed by atoms with Gasteiger partial charge in [-0.3, -0.25) is 0 Å². The van der Waals surface area contributed by atoms with Crippen LogP contribution in [0.1, 0.15) is 37.9 Å². The van der Waals surface area contributed by atoms with E-state index in [0.29, 0.717) is 25.4 Å². The lowest BCUT2D eigenvalue weighted by Gasteiger charge is -2.18. The summed E-state index contributed by atoms with van der Waals surface area (Å²) in [7, 11) is 0. The molecule has 0 bridgehead atoms. The van der Waals surface area contributed by atoms with Crippen molar-refractivity contribution in [3.05, 3.63) is 29.1 Å². The molecule has 3 nitrogen and oxygen atoms in total. The Morgan fingerprint density at radius 3 is 2.63 bits per heavy atom. The highest BCUT2D eigenvalue weighted by Gasteiger charge is 2.14. The van der Waals surface area contributed by atoms with E-state index in [1.165, 1.54) is 0 Å². The first-order valence-corrected chi connectivity index (χ1v) is 6.84. The predicted octanol–water partition coefficient (Wildman–Crippen LogP) is 3.22. The summed E-state index contributed by atoms with van der Waals surface area (Å²) in [6.45, 7) is 10.2. The molecule has 1 N–H and O–H groups in total. The molecule has 0 radical (unpaired) electrons. The average Bonchev–Trinajstić information content (AvgIpc) is 2.38. The lowest BCUT2D eigenvalue weighted by atomic mass is 10.0. The molecule has 1 atom stereocenters. The topological polar surface area (TPSA) is 30.5 Å². The van der Waals surface area contributed by atoms with E-state index in [-0.39, 0.29) is 11.9 Å². The van der Waals surface area contributed by atoms with Crippen LogP contribution >= 0.6 is 0 Å². The number of hydrogen-bond donors (Lipinski definition) is 1. The van der Waals surface area contributed by atoms with Gasteiger partial charge in [0.25, 0.3) is 0 Å². The molecule has 0 amide bonds. The molecule has 1 rings (SSSR count). The van der Waals surface area contributed by atoms with Crippen LogP contribution in [0.4, 0.5) is 4.39 Å². The zero-order chi connectivity index (χ0) is 14.3. The normalized spacial score (nSPS) is 12.5. The van der Waals surface area contributed by atoms with Gasteiger partial charge >= 0.3 is 0 Å². The van der Waals surface area contributed by atoms with Crippen molar-refractivity contribution in [3.8, 4) is 5.75 Å². The third kappa shape index (κ3) is 4.80. The highest BCUT2D eigenvalue weighted by molar-refractivity contribution is 5.40. The van der Waals surface area contributed by atoms with E-state index in [2.05, 4.69) is 5.32 Å². The number of aryl methyl sites for hydroxylation is 1. The molecule has 0 aromatic heterocycles. The van der Waals surface area contributed by atoms with Crippen molar-refractivity contribution in [2.24, 2.45) is 0 Å². The van der Waals surface area contributed by atoms with E-state index in [0.717, 1.165) is 17.9 Å². The molecule has 0 aliphatic carbocycles. The van der Waals surface area contributed by atoms with Crippen molar-refractivity contribution in [2.75, 3.05) is 26.4 Å². The molecule has 0 fully saturated rings. The van der Waals surface area contributed by atoms with Gasteiger partial charge in [0.1, 0.15) is 18.2 Å². The zero-order valence-corrected chi connectivity index (χ0v) is 12.3. The van der Waals surface area contributed by atoms with Crippen molar-refractivity contribution < 1.29 is 13.9 Å². The lowest BCUT2D eigenvalue weighted by Crippen LogP contribution is -2.19. The van der Waals surface area contributed by atoms with E-state index < -0.39 is 0 Å². The average molecular weight is 269 g/mol. The number of halogens is 1. The number of ether oxygens (including phenoxy) is 2. The fourth-order valence-electron chi connectivity index (χ4n) is 1.90. The van der Waals surface area contributed by atoms with Gasteiger partial charge in [0.15, 0.2) is 0 Å². The summed E-state index contributed by atoms with van der Waals surface area (Å²) in [5.74, 6) is 0.531. The summed E-state index contributed by atoms with van der Waals surface area (Å²) in [4.78, 5) is 0. The minimum absolute atomic E-state index is 0.0576. The molecule has 0 spiro atoms. The summed E-state index contributed by atoms with van der Waals surface area (Å²) >= 11 is 0. The SMILES string of the molecule is CCNC(C)c1cc(F)c(C)cc1OCCOCC. The quantitative estimate of drug-likeness (QED) is 0.735. The largest absolute Gasteiger partial charge is 0.491 e. The molecule has 0 saturated carbocycles. The Balaban J connectivity index is 2.83. The Morgan fingerprint density at radius 1 is 1.26 bits per heavy atom. The second kappa shape index (κ2) is 8.12. The molecule has 0 saturated heterocycles. The monoisotopic (exact) mass is 269 g/mol. The van der Waals surface area contributed by atoms with Crippen molar-refractivity contribution in [1.29, 1.82) is 0 Å². The summed E-state index contributed by atoms with van der Waals surface area (Å²) < 4.78 is 24.6. The van der Waals surface area contributed by atoms with Gasteiger partial charge in [-0.1, -0.05) is 6.92 Å². The van der Waals surface area contributed by atoms with Gasteiger partial charge in [-0.15, -0.1) is 0 Å². The van der Waals surface area contributed by atoms with Gasteiger partial charge in [-0.25, -0.2) is 4.39 Å². The van der Waals surface area contributed by atoms with E-state index in [9.17, 15) is 4.39 Å². The first kappa shape index (κ1) is 15.9. The van der Waals surface area contributed by atoms with E-state index in [1.54, 1.807) is 19.1 Å². The van der Waals surface area contributed by atoms with Crippen molar-refractivity contribution in [2.45, 2.75) is 33.7 Å². The summed E-state index contributed by atoms with van der Waals surface area (Å²) in [5.41, 5.74) is 1.44. The molecule has 108 valence electrons. The Hall–Kier alpha value is -1.13. The Kier molecular flexibility index (Phi) is 6.81. The summed E-state index contributed by atoms with van der Waals surface area (Å²) in [6, 6.07) is 3.37. The number of nitrogens with one attached hydrogen (secondary N) is 1. The van der Waals surface area contributed by atoms with Gasteiger partial charge in [0.05, 0.1) is 6.61 Å². The van der Waals surface area contributed by atoms with Crippen LogP contribution in [0.2, 0.25) is 0 Å². The molecule has 0 aliphatic heterocycles. The third-order valence-electron chi connectivity index (χ3n) is 2.96. The van der Waals surface area contributed by atoms with Gasteiger partial charge < -0.3 is 14.8 Å². The van der Waals surface area contributed by atoms with Crippen molar-refractivity contribution in [1.82, 2.24) is 5.32 Å². The number of rotatable bonds is 8. The summed E-state index contributed by atoms with van der Waals surface area (Å²) in [6.07, 6.45) is 0. The molecule has 1 unspecified atom stereocenters. The molecule has 1 aromatic carbocycles. The van der Waals surface area contributed by atoms with Gasteiger partial charge in [-0.05, 0) is 45.0 Å². The minimum Gasteiger partial charge on any atom is -0.491 e. The van der Waals surface area contributed by atoms with Crippen LogP contribution in [0, 0.1) is 12.7 Å². The first-order chi connectivity index (χ1) is 9.10. The minimum atomic E-state index is -0.197. The Morgan fingerprint density at radius 2 is 2.00 bits per heavy atom. The van der Waals surface area contributed by atoms with E-state index >= 15 is 0 Å². The number of hydrogen-bond acceptors (Lipinski definition) is 3. The lowest BCUT2D eigenvalue weighted by molar-refractivity contribution is 0.109. The molecule has 0 aliphatic rings. The summed E-state index contributed by atoms with van der Waals surface area (Å²) in [5, 5.41) is 3.27. The fourth-order valence-corrected chi connectivity index (χ4v) is 1.90. The van der Waals surface area contributed by atoms with Crippen molar-refractivity contribution in [3.63, 3.8) is 0 Å². The standard InChI is InChI=1S/C15H24FNO2/c1-5-17-12(4)13-10-14(16)11(3)9-15(13)19-8-7-18-6-2/h9-10,12,17H,5-8H2,1-4H3. The van der Waals surface area contributed by atoms with Crippen LogP contribution in [-0.2, 0) is 4.74 Å². The zero-order valence-electron chi connectivity index (χ0n) is 12.3. The van der Waals surface area contributed by atoms with Crippen LogP contribution in [0.5, 0.6) is 5.75 Å². The molecule has 0 heterocycles. The van der Waals surface area contributed by atoms with Crippen molar-refractivity contribution >= 4 is 0 Å². The maximum absolute atomic E-state index is 13.7. The van der Waals surface area contributed by atoms with Gasteiger partial charge in [-0.2, -0.15) is 0 Å². The molecule has 19 heavy (non-hydrogen) atoms. The molecule has 1 aromatic rings. The molecular weight excluding hydrogens is 245 g/mol. The van der Waals surface area contributed by atoms with Crippen LogP contribution < -0.4 is 10.1 Å². The molecular formula is C15H24FNO2. The van der Waals surface area contributed by atoms with Gasteiger partial charge in [0, 0.05) is 18.2 Å².